The Balaban J connectivity index is 1.65. The lowest BCUT2D eigenvalue weighted by Gasteiger charge is -2.27. The van der Waals surface area contributed by atoms with Gasteiger partial charge in [-0.25, -0.2) is 4.68 Å². The van der Waals surface area contributed by atoms with Crippen LogP contribution in [0.4, 0.5) is 0 Å². The van der Waals surface area contributed by atoms with Crippen molar-refractivity contribution in [3.8, 4) is 23.1 Å². The van der Waals surface area contributed by atoms with E-state index in [1.807, 2.05) is 66.2 Å². The van der Waals surface area contributed by atoms with Gasteiger partial charge in [0.1, 0.15) is 11.5 Å². The molecule has 0 bridgehead atoms. The molecule has 0 spiro atoms. The summed E-state index contributed by atoms with van der Waals surface area (Å²) in [7, 11) is 1.65. The number of aliphatic hydroxyl groups excluding tert-OH is 1. The van der Waals surface area contributed by atoms with Crippen LogP contribution in [0.1, 0.15) is 50.3 Å². The first-order valence-electron chi connectivity index (χ1n) is 13.0. The van der Waals surface area contributed by atoms with E-state index in [0.29, 0.717) is 24.7 Å². The molecule has 1 aliphatic heterocycles. The third-order valence-electron chi connectivity index (χ3n) is 6.64. The number of methoxy groups -OCH3 is 1. The molecule has 0 saturated carbocycles. The molecule has 0 radical (unpaired) electrons. The van der Waals surface area contributed by atoms with E-state index in [1.165, 1.54) is 0 Å². The molecule has 1 saturated heterocycles. The number of aryl methyl sites for hydroxylation is 1. The molecule has 0 unspecified atom stereocenters. The Hall–Kier alpha value is -2.87. The van der Waals surface area contributed by atoms with Crippen LogP contribution < -0.4 is 9.47 Å². The average molecular weight is 494 g/mol. The molecule has 194 valence electrons. The molecule has 2 heterocycles. The summed E-state index contributed by atoms with van der Waals surface area (Å²) in [4.78, 5) is 2.30. The standard InChI is InChI=1S/C29H39N3O4/c1-4-5-12-24(33)19-31(20-27-13-9-18-35-27)21-28-22(2)30-32(23-10-7-6-8-11-23)29(28)36-26-16-14-25(34-3)15-17-26/h6-8,10-11,14-17,24,27,33H,4-5,9,12-13,18-21H2,1-3H3/t24-,27-/m0/s1. The molecule has 36 heavy (non-hydrogen) atoms. The highest BCUT2D eigenvalue weighted by Crippen LogP contribution is 2.33. The summed E-state index contributed by atoms with van der Waals surface area (Å²) in [6.07, 6.45) is 4.86. The largest absolute Gasteiger partial charge is 0.497 e. The third kappa shape index (κ3) is 6.87. The first-order chi connectivity index (χ1) is 17.6. The zero-order valence-electron chi connectivity index (χ0n) is 21.7. The predicted molar refractivity (Wildman–Crippen MR) is 141 cm³/mol. The summed E-state index contributed by atoms with van der Waals surface area (Å²) in [5.74, 6) is 2.17. The summed E-state index contributed by atoms with van der Waals surface area (Å²) in [5, 5.41) is 15.6. The molecule has 1 fully saturated rings. The van der Waals surface area contributed by atoms with Crippen LogP contribution in [0.25, 0.3) is 5.69 Å². The van der Waals surface area contributed by atoms with E-state index in [-0.39, 0.29) is 12.2 Å². The van der Waals surface area contributed by atoms with Gasteiger partial charge in [-0.2, -0.15) is 5.10 Å². The third-order valence-corrected chi connectivity index (χ3v) is 6.64. The molecule has 0 aliphatic carbocycles. The van der Waals surface area contributed by atoms with Gasteiger partial charge < -0.3 is 19.3 Å². The lowest BCUT2D eigenvalue weighted by molar-refractivity contribution is 0.0434. The van der Waals surface area contributed by atoms with E-state index < -0.39 is 0 Å². The minimum atomic E-state index is -0.373. The Kier molecular flexibility index (Phi) is 9.39. The minimum absolute atomic E-state index is 0.193. The lowest BCUT2D eigenvalue weighted by atomic mass is 10.1. The van der Waals surface area contributed by atoms with Gasteiger partial charge in [-0.05, 0) is 62.6 Å². The normalized spacial score (nSPS) is 16.4. The highest BCUT2D eigenvalue weighted by Gasteiger charge is 2.26. The van der Waals surface area contributed by atoms with Crippen molar-refractivity contribution in [1.82, 2.24) is 14.7 Å². The molecule has 1 aromatic heterocycles. The molecule has 7 heteroatoms. The second-order valence-corrected chi connectivity index (χ2v) is 9.52. The highest BCUT2D eigenvalue weighted by atomic mass is 16.5. The van der Waals surface area contributed by atoms with Gasteiger partial charge in [-0.3, -0.25) is 4.90 Å². The maximum Gasteiger partial charge on any atom is 0.227 e. The molecular formula is C29H39N3O4. The topological polar surface area (TPSA) is 69.0 Å². The van der Waals surface area contributed by atoms with E-state index in [0.717, 1.165) is 68.0 Å². The Bertz CT molecular complexity index is 1060. The summed E-state index contributed by atoms with van der Waals surface area (Å²) >= 11 is 0. The van der Waals surface area contributed by atoms with Crippen molar-refractivity contribution in [3.05, 3.63) is 65.9 Å². The second-order valence-electron chi connectivity index (χ2n) is 9.52. The highest BCUT2D eigenvalue weighted by molar-refractivity contribution is 5.44. The molecule has 2 aromatic carbocycles. The molecular weight excluding hydrogens is 454 g/mol. The smallest absolute Gasteiger partial charge is 0.227 e. The summed E-state index contributed by atoms with van der Waals surface area (Å²) in [6.45, 7) is 6.98. The number of hydrogen-bond acceptors (Lipinski definition) is 6. The first-order valence-corrected chi connectivity index (χ1v) is 13.0. The number of benzene rings is 2. The maximum absolute atomic E-state index is 10.8. The van der Waals surface area contributed by atoms with Crippen LogP contribution in [0.15, 0.2) is 54.6 Å². The molecule has 3 aromatic rings. The fraction of sp³-hybridized carbons (Fsp3) is 0.483. The molecule has 1 aliphatic rings. The van der Waals surface area contributed by atoms with Gasteiger partial charge in [-0.15, -0.1) is 0 Å². The van der Waals surface area contributed by atoms with Crippen LogP contribution in [-0.4, -0.2) is 58.8 Å². The number of aliphatic hydroxyl groups is 1. The first kappa shape index (κ1) is 26.2. The SMILES string of the molecule is CCCC[C@H](O)CN(Cc1c(C)nn(-c2ccccc2)c1Oc1ccc(OC)cc1)C[C@@H]1CCCO1. The van der Waals surface area contributed by atoms with Crippen LogP contribution in [0.3, 0.4) is 0 Å². The summed E-state index contributed by atoms with van der Waals surface area (Å²) < 4.78 is 19.6. The van der Waals surface area contributed by atoms with Crippen LogP contribution in [-0.2, 0) is 11.3 Å². The van der Waals surface area contributed by atoms with Crippen LogP contribution in [0.5, 0.6) is 17.4 Å². The number of nitrogens with zero attached hydrogens (tertiary/aromatic N) is 3. The van der Waals surface area contributed by atoms with Crippen molar-refractivity contribution in [2.45, 2.75) is 64.7 Å². The van der Waals surface area contributed by atoms with Gasteiger partial charge >= 0.3 is 0 Å². The summed E-state index contributed by atoms with van der Waals surface area (Å²) in [6, 6.07) is 17.6. The molecule has 1 N–H and O–H groups in total. The quantitative estimate of drug-likeness (QED) is 0.338. The second kappa shape index (κ2) is 12.9. The maximum atomic E-state index is 10.8. The Morgan fingerprint density at radius 3 is 2.56 bits per heavy atom. The average Bonchev–Trinajstić information content (AvgIpc) is 3.52. The fourth-order valence-electron chi connectivity index (χ4n) is 4.66. The van der Waals surface area contributed by atoms with Crippen molar-refractivity contribution >= 4 is 0 Å². The van der Waals surface area contributed by atoms with Gasteiger partial charge in [0.05, 0.1) is 36.3 Å². The molecule has 0 amide bonds. The zero-order valence-corrected chi connectivity index (χ0v) is 21.7. The van der Waals surface area contributed by atoms with E-state index in [4.69, 9.17) is 19.3 Å². The fourth-order valence-corrected chi connectivity index (χ4v) is 4.66. The van der Waals surface area contributed by atoms with E-state index in [2.05, 4.69) is 11.8 Å². The van der Waals surface area contributed by atoms with Crippen LogP contribution in [0, 0.1) is 6.92 Å². The summed E-state index contributed by atoms with van der Waals surface area (Å²) in [5.41, 5.74) is 2.85. The van der Waals surface area contributed by atoms with Crippen molar-refractivity contribution in [2.24, 2.45) is 0 Å². The number of aromatic nitrogens is 2. The lowest BCUT2D eigenvalue weighted by Crippen LogP contribution is -2.37. The molecule has 2 atom stereocenters. The Labute approximate surface area is 214 Å². The van der Waals surface area contributed by atoms with E-state index >= 15 is 0 Å². The van der Waals surface area contributed by atoms with E-state index in [1.54, 1.807) is 7.11 Å². The van der Waals surface area contributed by atoms with Gasteiger partial charge in [-0.1, -0.05) is 38.0 Å². The van der Waals surface area contributed by atoms with Gasteiger partial charge in [0.15, 0.2) is 0 Å². The zero-order chi connectivity index (χ0) is 25.3. The molecule has 7 nitrogen and oxygen atoms in total. The number of unbranched alkanes of at least 4 members (excludes halogenated alkanes) is 1. The number of para-hydroxylation sites is 1. The Morgan fingerprint density at radius 2 is 1.89 bits per heavy atom. The van der Waals surface area contributed by atoms with Crippen LogP contribution >= 0.6 is 0 Å². The Morgan fingerprint density at radius 1 is 1.14 bits per heavy atom. The van der Waals surface area contributed by atoms with Gasteiger partial charge in [0.25, 0.3) is 0 Å². The predicted octanol–water partition coefficient (Wildman–Crippen LogP) is 5.51. The van der Waals surface area contributed by atoms with Crippen molar-refractivity contribution < 1.29 is 19.3 Å². The minimum Gasteiger partial charge on any atom is -0.497 e. The van der Waals surface area contributed by atoms with Gasteiger partial charge in [0.2, 0.25) is 5.88 Å². The molecule has 4 rings (SSSR count). The van der Waals surface area contributed by atoms with Crippen LogP contribution in [0.2, 0.25) is 0 Å². The number of ether oxygens (including phenoxy) is 3. The van der Waals surface area contributed by atoms with E-state index in [9.17, 15) is 5.11 Å². The van der Waals surface area contributed by atoms with Crippen molar-refractivity contribution in [2.75, 3.05) is 26.8 Å². The van der Waals surface area contributed by atoms with Crippen molar-refractivity contribution in [1.29, 1.82) is 0 Å². The number of hydrogen-bond donors (Lipinski definition) is 1. The monoisotopic (exact) mass is 493 g/mol. The van der Waals surface area contributed by atoms with Crippen molar-refractivity contribution in [3.63, 3.8) is 0 Å². The van der Waals surface area contributed by atoms with Gasteiger partial charge in [0, 0.05) is 26.2 Å². The number of rotatable bonds is 13.